The molecule has 136 valence electrons. The number of aliphatic hydroxyl groups is 1. The summed E-state index contributed by atoms with van der Waals surface area (Å²) in [5, 5.41) is 18.7. The van der Waals surface area contributed by atoms with E-state index >= 15 is 0 Å². The fourth-order valence-corrected chi connectivity index (χ4v) is 2.67. The molecule has 0 saturated heterocycles. The Morgan fingerprint density at radius 1 is 1.40 bits per heavy atom. The molecular formula is C21H28O4. The summed E-state index contributed by atoms with van der Waals surface area (Å²) < 4.78 is 0. The summed E-state index contributed by atoms with van der Waals surface area (Å²) in [5.74, 6) is 5.02. The van der Waals surface area contributed by atoms with Crippen molar-refractivity contribution in [2.75, 3.05) is 0 Å². The second kappa shape index (κ2) is 11.4. The van der Waals surface area contributed by atoms with Crippen molar-refractivity contribution in [2.45, 2.75) is 52.1 Å². The highest BCUT2D eigenvalue weighted by molar-refractivity contribution is 5.95. The van der Waals surface area contributed by atoms with E-state index in [1.165, 1.54) is 0 Å². The van der Waals surface area contributed by atoms with Crippen LogP contribution >= 0.6 is 0 Å². The Labute approximate surface area is 150 Å². The van der Waals surface area contributed by atoms with Gasteiger partial charge in [0.25, 0.3) is 0 Å². The Bertz CT molecular complexity index is 589. The molecule has 4 heteroatoms. The number of hydrogen-bond donors (Lipinski definition) is 2. The van der Waals surface area contributed by atoms with Gasteiger partial charge in [0.1, 0.15) is 0 Å². The average molecular weight is 344 g/mol. The van der Waals surface area contributed by atoms with Crippen LogP contribution in [0.1, 0.15) is 46.0 Å². The van der Waals surface area contributed by atoms with Crippen LogP contribution in [-0.4, -0.2) is 28.1 Å². The van der Waals surface area contributed by atoms with E-state index in [0.717, 1.165) is 0 Å². The number of carbonyl (C=O) groups excluding carboxylic acids is 1. The van der Waals surface area contributed by atoms with E-state index in [2.05, 4.69) is 11.8 Å². The molecule has 25 heavy (non-hydrogen) atoms. The Balaban J connectivity index is 2.49. The molecule has 1 aliphatic carbocycles. The average Bonchev–Trinajstić information content (AvgIpc) is 2.93. The number of aliphatic hydroxyl groups excluding tert-OH is 1. The second-order valence-corrected chi connectivity index (χ2v) is 6.42. The van der Waals surface area contributed by atoms with Crippen molar-refractivity contribution in [2.24, 2.45) is 17.8 Å². The van der Waals surface area contributed by atoms with Crippen LogP contribution in [0.3, 0.4) is 0 Å². The summed E-state index contributed by atoms with van der Waals surface area (Å²) in [6.45, 7) is 3.73. The Kier molecular flexibility index (Phi) is 9.57. The van der Waals surface area contributed by atoms with Gasteiger partial charge in [0.2, 0.25) is 0 Å². The smallest absolute Gasteiger partial charge is 0.303 e. The molecule has 1 unspecified atom stereocenters. The summed E-state index contributed by atoms with van der Waals surface area (Å²) in [4.78, 5) is 22.4. The summed E-state index contributed by atoms with van der Waals surface area (Å²) in [5.41, 5.74) is 0. The van der Waals surface area contributed by atoms with Crippen molar-refractivity contribution < 1.29 is 19.8 Å². The van der Waals surface area contributed by atoms with Crippen LogP contribution < -0.4 is 0 Å². The van der Waals surface area contributed by atoms with E-state index in [1.54, 1.807) is 19.1 Å². The summed E-state index contributed by atoms with van der Waals surface area (Å²) in [7, 11) is 0. The standard InChI is InChI=1S/C21H28O4/c1-3-4-9-16(2)19(22)14-12-17-13-15-20(23)18(17)10-7-5-6-8-11-21(24)25/h5,7,12-19,22H,6,8-11H2,1-2H3,(H,24,25)/b7-5-,14-12+/t16?,17-,18+,19+/m0/s1. The molecule has 0 bridgehead atoms. The highest BCUT2D eigenvalue weighted by atomic mass is 16.4. The van der Waals surface area contributed by atoms with Gasteiger partial charge in [-0.2, -0.15) is 0 Å². The first-order valence-electron chi connectivity index (χ1n) is 8.80. The Morgan fingerprint density at radius 2 is 2.16 bits per heavy atom. The molecule has 1 aliphatic rings. The van der Waals surface area contributed by atoms with Gasteiger partial charge in [0.05, 0.1) is 6.10 Å². The lowest BCUT2D eigenvalue weighted by Crippen LogP contribution is -2.17. The monoisotopic (exact) mass is 344 g/mol. The van der Waals surface area contributed by atoms with Gasteiger partial charge in [-0.05, 0) is 38.2 Å². The van der Waals surface area contributed by atoms with Gasteiger partial charge in [0, 0.05) is 24.7 Å². The maximum absolute atomic E-state index is 12.0. The van der Waals surface area contributed by atoms with Crippen LogP contribution in [0.15, 0.2) is 36.5 Å². The van der Waals surface area contributed by atoms with Gasteiger partial charge in [-0.15, -0.1) is 11.8 Å². The molecule has 2 N–H and O–H groups in total. The summed E-state index contributed by atoms with van der Waals surface area (Å²) >= 11 is 0. The molecule has 4 nitrogen and oxygen atoms in total. The van der Waals surface area contributed by atoms with Gasteiger partial charge in [-0.25, -0.2) is 0 Å². The van der Waals surface area contributed by atoms with Crippen molar-refractivity contribution in [1.29, 1.82) is 0 Å². The lowest BCUT2D eigenvalue weighted by Gasteiger charge is -2.16. The zero-order chi connectivity index (χ0) is 18.7. The minimum Gasteiger partial charge on any atom is -0.481 e. The topological polar surface area (TPSA) is 74.6 Å². The molecule has 0 spiro atoms. The number of aliphatic carboxylic acids is 1. The van der Waals surface area contributed by atoms with Gasteiger partial charge < -0.3 is 10.2 Å². The fourth-order valence-electron chi connectivity index (χ4n) is 2.67. The molecule has 0 fully saturated rings. The second-order valence-electron chi connectivity index (χ2n) is 6.42. The molecule has 0 heterocycles. The molecule has 0 aromatic rings. The van der Waals surface area contributed by atoms with E-state index in [-0.39, 0.29) is 30.0 Å². The third-order valence-corrected chi connectivity index (χ3v) is 4.35. The number of hydrogen-bond acceptors (Lipinski definition) is 3. The molecule has 0 aliphatic heterocycles. The zero-order valence-corrected chi connectivity index (χ0v) is 15.0. The third kappa shape index (κ3) is 8.00. The first kappa shape index (κ1) is 20.9. The Hall–Kier alpha value is -2.12. The number of ketones is 1. The van der Waals surface area contributed by atoms with Crippen LogP contribution in [0.4, 0.5) is 0 Å². The van der Waals surface area contributed by atoms with Crippen LogP contribution in [0, 0.1) is 29.6 Å². The number of unbranched alkanes of at least 4 members (excludes halogenated alkanes) is 1. The third-order valence-electron chi connectivity index (χ3n) is 4.35. The first-order chi connectivity index (χ1) is 12.0. The predicted octanol–water partition coefficient (Wildman–Crippen LogP) is 3.53. The largest absolute Gasteiger partial charge is 0.481 e. The molecule has 0 amide bonds. The van der Waals surface area contributed by atoms with E-state index in [9.17, 15) is 14.7 Å². The van der Waals surface area contributed by atoms with Crippen LogP contribution in [0.2, 0.25) is 0 Å². The molecule has 0 saturated carbocycles. The van der Waals surface area contributed by atoms with Gasteiger partial charge >= 0.3 is 5.97 Å². The fraction of sp³-hybridized carbons (Fsp3) is 0.524. The van der Waals surface area contributed by atoms with Crippen LogP contribution in [-0.2, 0) is 9.59 Å². The number of allylic oxidation sites excluding steroid dienone is 5. The van der Waals surface area contributed by atoms with Crippen LogP contribution in [0.5, 0.6) is 0 Å². The van der Waals surface area contributed by atoms with E-state index in [4.69, 9.17) is 5.11 Å². The van der Waals surface area contributed by atoms with Gasteiger partial charge in [0.15, 0.2) is 5.78 Å². The maximum Gasteiger partial charge on any atom is 0.303 e. The van der Waals surface area contributed by atoms with Crippen molar-refractivity contribution in [3.8, 4) is 11.8 Å². The van der Waals surface area contributed by atoms with Crippen LogP contribution in [0.25, 0.3) is 0 Å². The molecule has 0 aromatic carbocycles. The molecule has 4 atom stereocenters. The first-order valence-corrected chi connectivity index (χ1v) is 8.80. The predicted molar refractivity (Wildman–Crippen MR) is 98.7 cm³/mol. The number of carboxylic acids is 1. The lowest BCUT2D eigenvalue weighted by molar-refractivity contribution is -0.137. The van der Waals surface area contributed by atoms with Gasteiger partial charge in [-0.1, -0.05) is 37.3 Å². The summed E-state index contributed by atoms with van der Waals surface area (Å²) in [6.07, 6.45) is 13.2. The highest BCUT2D eigenvalue weighted by Gasteiger charge is 2.27. The zero-order valence-electron chi connectivity index (χ0n) is 15.0. The number of rotatable bonds is 10. The maximum atomic E-state index is 12.0. The minimum absolute atomic E-state index is 0.00437. The van der Waals surface area contributed by atoms with E-state index < -0.39 is 12.1 Å². The highest BCUT2D eigenvalue weighted by Crippen LogP contribution is 2.27. The van der Waals surface area contributed by atoms with Crippen molar-refractivity contribution in [3.05, 3.63) is 36.5 Å². The minimum atomic E-state index is -0.786. The number of carbonyl (C=O) groups is 2. The van der Waals surface area contributed by atoms with Crippen molar-refractivity contribution in [1.82, 2.24) is 0 Å². The van der Waals surface area contributed by atoms with E-state index in [1.807, 2.05) is 31.2 Å². The number of carboxylic acid groups (broad SMARTS) is 1. The van der Waals surface area contributed by atoms with E-state index in [0.29, 0.717) is 25.7 Å². The molecule has 1 rings (SSSR count). The van der Waals surface area contributed by atoms with Gasteiger partial charge in [-0.3, -0.25) is 9.59 Å². The normalized spacial score (nSPS) is 22.3. The van der Waals surface area contributed by atoms with Crippen molar-refractivity contribution >= 4 is 11.8 Å². The van der Waals surface area contributed by atoms with Crippen molar-refractivity contribution in [3.63, 3.8) is 0 Å². The Morgan fingerprint density at radius 3 is 2.84 bits per heavy atom. The quantitative estimate of drug-likeness (QED) is 0.361. The SMILES string of the molecule is CC#CCC(C)[C@H](O)/C=C/[C@H]1C=CC(=O)[C@@H]1C/C=C\CCCC(=O)O. The lowest BCUT2D eigenvalue weighted by atomic mass is 9.89. The molecular weight excluding hydrogens is 316 g/mol. The molecule has 0 radical (unpaired) electrons. The molecule has 0 aromatic heterocycles. The summed E-state index contributed by atoms with van der Waals surface area (Å²) in [6, 6.07) is 0.